The lowest BCUT2D eigenvalue weighted by atomic mass is 10.1. The lowest BCUT2D eigenvalue weighted by Gasteiger charge is -2.03. The Kier molecular flexibility index (Phi) is 6.47. The van der Waals surface area contributed by atoms with Gasteiger partial charge in [0.15, 0.2) is 0 Å². The fourth-order valence-corrected chi connectivity index (χ4v) is 4.39. The van der Waals surface area contributed by atoms with Gasteiger partial charge in [-0.1, -0.05) is 18.2 Å². The lowest BCUT2D eigenvalue weighted by Crippen LogP contribution is -2.24. The van der Waals surface area contributed by atoms with Gasteiger partial charge in [-0.2, -0.15) is 10.4 Å². The molecule has 9 heteroatoms. The molecule has 3 N–H and O–H groups in total. The smallest absolute Gasteiger partial charge is 0.263 e. The number of para-hydroxylation sites is 1. The molecule has 1 amide bonds. The number of aryl methyl sites for hydroxylation is 2. The van der Waals surface area contributed by atoms with Crippen molar-refractivity contribution in [2.45, 2.75) is 19.8 Å². The summed E-state index contributed by atoms with van der Waals surface area (Å²) < 4.78 is 14.7. The minimum absolute atomic E-state index is 0.215. The number of carbonyl (C=O) groups is 1. The van der Waals surface area contributed by atoms with Crippen LogP contribution in [0.25, 0.3) is 16.3 Å². The van der Waals surface area contributed by atoms with Crippen molar-refractivity contribution in [1.29, 1.82) is 5.26 Å². The summed E-state index contributed by atoms with van der Waals surface area (Å²) in [5.74, 6) is -0.232. The Bertz CT molecular complexity index is 1320. The molecule has 2 aromatic carbocycles. The molecule has 4 rings (SSSR count). The third kappa shape index (κ3) is 4.76. The van der Waals surface area contributed by atoms with Crippen LogP contribution in [-0.2, 0) is 6.42 Å². The molecule has 0 atom stereocenters. The molecule has 2 heterocycles. The number of anilines is 1. The average molecular weight is 461 g/mol. The van der Waals surface area contributed by atoms with Gasteiger partial charge < -0.3 is 11.1 Å². The van der Waals surface area contributed by atoms with Crippen LogP contribution in [-0.4, -0.2) is 27.2 Å². The zero-order valence-corrected chi connectivity index (χ0v) is 18.7. The second-order valence-corrected chi connectivity index (χ2v) is 8.37. The predicted octanol–water partition coefficient (Wildman–Crippen LogP) is 4.26. The van der Waals surface area contributed by atoms with E-state index in [-0.39, 0.29) is 11.7 Å². The number of amides is 1. The van der Waals surface area contributed by atoms with Gasteiger partial charge in [0.05, 0.1) is 17.1 Å². The van der Waals surface area contributed by atoms with Crippen molar-refractivity contribution in [3.05, 3.63) is 82.2 Å². The fraction of sp³-hybridized carbons (Fsp3) is 0.167. The van der Waals surface area contributed by atoms with E-state index in [9.17, 15) is 14.4 Å². The molecule has 7 nitrogen and oxygen atoms in total. The minimum Gasteiger partial charge on any atom is -0.382 e. The van der Waals surface area contributed by atoms with E-state index >= 15 is 0 Å². The van der Waals surface area contributed by atoms with Crippen molar-refractivity contribution >= 4 is 23.1 Å². The van der Waals surface area contributed by atoms with Crippen LogP contribution < -0.4 is 11.1 Å². The largest absolute Gasteiger partial charge is 0.382 e. The molecule has 2 aromatic heterocycles. The number of aromatic nitrogens is 3. The topological polar surface area (TPSA) is 110 Å². The molecule has 0 saturated heterocycles. The van der Waals surface area contributed by atoms with Crippen LogP contribution in [0.3, 0.4) is 0 Å². The molecule has 0 aliphatic rings. The van der Waals surface area contributed by atoms with Crippen LogP contribution in [0.15, 0.2) is 54.6 Å². The Morgan fingerprint density at radius 1 is 1.21 bits per heavy atom. The first-order valence-corrected chi connectivity index (χ1v) is 11.1. The normalized spacial score (nSPS) is 10.7. The van der Waals surface area contributed by atoms with Gasteiger partial charge in [-0.05, 0) is 56.2 Å². The molecule has 0 aliphatic carbocycles. The van der Waals surface area contributed by atoms with E-state index in [0.717, 1.165) is 11.3 Å². The van der Waals surface area contributed by atoms with Crippen molar-refractivity contribution in [2.24, 2.45) is 0 Å². The summed E-state index contributed by atoms with van der Waals surface area (Å²) >= 11 is 1.27. The van der Waals surface area contributed by atoms with Crippen LogP contribution in [0.5, 0.6) is 0 Å². The van der Waals surface area contributed by atoms with E-state index in [0.29, 0.717) is 52.0 Å². The number of halogens is 1. The molecule has 0 unspecified atom stereocenters. The van der Waals surface area contributed by atoms with Crippen molar-refractivity contribution in [3.63, 3.8) is 0 Å². The van der Waals surface area contributed by atoms with Gasteiger partial charge in [0.2, 0.25) is 0 Å². The Labute approximate surface area is 194 Å². The van der Waals surface area contributed by atoms with E-state index in [1.165, 1.54) is 23.5 Å². The number of nitrogens with zero attached hydrogens (tertiary/aromatic N) is 4. The maximum atomic E-state index is 13.2. The molecule has 33 heavy (non-hydrogen) atoms. The molecule has 0 bridgehead atoms. The highest BCUT2D eigenvalue weighted by Crippen LogP contribution is 2.28. The highest BCUT2D eigenvalue weighted by atomic mass is 32.1. The van der Waals surface area contributed by atoms with Gasteiger partial charge in [0.1, 0.15) is 33.2 Å². The second-order valence-electron chi connectivity index (χ2n) is 7.37. The van der Waals surface area contributed by atoms with Crippen molar-refractivity contribution in [2.75, 3.05) is 12.3 Å². The first-order chi connectivity index (χ1) is 16.0. The number of benzene rings is 2. The van der Waals surface area contributed by atoms with Gasteiger partial charge in [-0.15, -0.1) is 11.3 Å². The molecule has 0 saturated carbocycles. The van der Waals surface area contributed by atoms with Gasteiger partial charge in [0, 0.05) is 12.1 Å². The molecular weight excluding hydrogens is 439 g/mol. The minimum atomic E-state index is -0.320. The summed E-state index contributed by atoms with van der Waals surface area (Å²) in [5, 5.41) is 17.6. The van der Waals surface area contributed by atoms with Crippen molar-refractivity contribution in [3.8, 4) is 22.3 Å². The Hall–Kier alpha value is -4.03. The quantitative estimate of drug-likeness (QED) is 0.401. The van der Waals surface area contributed by atoms with E-state index in [2.05, 4.69) is 21.5 Å². The number of carbonyl (C=O) groups excluding carboxylic acids is 1. The van der Waals surface area contributed by atoms with Crippen LogP contribution >= 0.6 is 11.3 Å². The second kappa shape index (κ2) is 9.63. The number of nitriles is 1. The van der Waals surface area contributed by atoms with Gasteiger partial charge >= 0.3 is 0 Å². The molecule has 0 fully saturated rings. The molecule has 166 valence electrons. The van der Waals surface area contributed by atoms with E-state index in [4.69, 9.17) is 5.73 Å². The monoisotopic (exact) mass is 460 g/mol. The third-order valence-corrected chi connectivity index (χ3v) is 6.28. The number of nitrogen functional groups attached to an aromatic ring is 1. The van der Waals surface area contributed by atoms with Crippen LogP contribution in [0, 0.1) is 24.1 Å². The SMILES string of the molecule is Cc1nc(-c2ccc(F)cc2)sc1C(=O)NCCCc1nn(-c2ccccc2)c(N)c1C#N. The first-order valence-electron chi connectivity index (χ1n) is 10.3. The first kappa shape index (κ1) is 22.2. The summed E-state index contributed by atoms with van der Waals surface area (Å²) in [5.41, 5.74) is 9.25. The van der Waals surface area contributed by atoms with Gasteiger partial charge in [0.25, 0.3) is 5.91 Å². The van der Waals surface area contributed by atoms with Crippen molar-refractivity contribution < 1.29 is 9.18 Å². The highest BCUT2D eigenvalue weighted by molar-refractivity contribution is 7.17. The average Bonchev–Trinajstić information content (AvgIpc) is 3.37. The van der Waals surface area contributed by atoms with E-state index < -0.39 is 0 Å². The zero-order valence-electron chi connectivity index (χ0n) is 17.9. The summed E-state index contributed by atoms with van der Waals surface area (Å²) in [7, 11) is 0. The maximum absolute atomic E-state index is 13.2. The molecular formula is C24H21FN6OS. The summed E-state index contributed by atoms with van der Waals surface area (Å²) in [6.45, 7) is 2.18. The maximum Gasteiger partial charge on any atom is 0.263 e. The number of hydrogen-bond donors (Lipinski definition) is 2. The standard InChI is InChI=1S/C24H21FN6OS/c1-15-21(33-24(29-15)16-9-11-17(25)12-10-16)23(32)28-13-5-8-20-19(14-26)22(27)31(30-20)18-6-3-2-4-7-18/h2-4,6-7,9-12H,5,8,13,27H2,1H3,(H,28,32). The van der Waals surface area contributed by atoms with E-state index in [1.54, 1.807) is 23.7 Å². The molecule has 0 spiro atoms. The van der Waals surface area contributed by atoms with E-state index in [1.807, 2.05) is 30.3 Å². The van der Waals surface area contributed by atoms with Crippen LogP contribution in [0.4, 0.5) is 10.2 Å². The predicted molar refractivity (Wildman–Crippen MR) is 126 cm³/mol. The summed E-state index contributed by atoms with van der Waals surface area (Å²) in [6, 6.07) is 17.5. The zero-order chi connectivity index (χ0) is 23.4. The van der Waals surface area contributed by atoms with Crippen LogP contribution in [0.1, 0.15) is 33.0 Å². The highest BCUT2D eigenvalue weighted by Gasteiger charge is 2.18. The lowest BCUT2D eigenvalue weighted by molar-refractivity contribution is 0.0956. The number of hydrogen-bond acceptors (Lipinski definition) is 6. The number of nitrogens with one attached hydrogen (secondary N) is 1. The number of nitrogens with two attached hydrogens (primary N) is 1. The van der Waals surface area contributed by atoms with Gasteiger partial charge in [-0.3, -0.25) is 4.79 Å². The van der Waals surface area contributed by atoms with Crippen LogP contribution in [0.2, 0.25) is 0 Å². The summed E-state index contributed by atoms with van der Waals surface area (Å²) in [6.07, 6.45) is 1.09. The number of rotatable bonds is 7. The Balaban J connectivity index is 1.38. The summed E-state index contributed by atoms with van der Waals surface area (Å²) in [4.78, 5) is 17.6. The molecule has 0 radical (unpaired) electrons. The molecule has 0 aliphatic heterocycles. The Morgan fingerprint density at radius 3 is 2.64 bits per heavy atom. The Morgan fingerprint density at radius 2 is 1.94 bits per heavy atom. The number of thiazole rings is 1. The van der Waals surface area contributed by atoms with Gasteiger partial charge in [-0.25, -0.2) is 14.1 Å². The molecule has 4 aromatic rings. The fourth-order valence-electron chi connectivity index (χ4n) is 3.40. The third-order valence-electron chi connectivity index (χ3n) is 5.08. The van der Waals surface area contributed by atoms with Crippen molar-refractivity contribution in [1.82, 2.24) is 20.1 Å².